The lowest BCUT2D eigenvalue weighted by Gasteiger charge is -2.27. The first-order chi connectivity index (χ1) is 9.63. The van der Waals surface area contributed by atoms with Crippen LogP contribution in [0.2, 0.25) is 0 Å². The fourth-order valence-corrected chi connectivity index (χ4v) is 1.78. The molecule has 1 rings (SSSR count). The molecule has 0 saturated heterocycles. The van der Waals surface area contributed by atoms with Crippen LogP contribution in [0.15, 0.2) is 18.2 Å². The van der Waals surface area contributed by atoms with Gasteiger partial charge in [-0.3, -0.25) is 4.79 Å². The number of Topliss-reactive ketones (excluding diaryl/α,β-unsaturated/α-hetero) is 1. The van der Waals surface area contributed by atoms with Crippen molar-refractivity contribution in [1.82, 2.24) is 5.32 Å². The SMILES string of the molecule is CC(=O)c1ccc(NC(=O)NCC(C)(O)C(C)C)cc1C. The van der Waals surface area contributed by atoms with Crippen molar-refractivity contribution in [2.24, 2.45) is 5.92 Å². The fourth-order valence-electron chi connectivity index (χ4n) is 1.78. The van der Waals surface area contributed by atoms with E-state index in [4.69, 9.17) is 0 Å². The summed E-state index contributed by atoms with van der Waals surface area (Å²) >= 11 is 0. The molecule has 0 aromatic heterocycles. The van der Waals surface area contributed by atoms with Gasteiger partial charge in [0, 0.05) is 17.8 Å². The zero-order valence-corrected chi connectivity index (χ0v) is 13.3. The molecular formula is C16H24N2O3. The van der Waals surface area contributed by atoms with Crippen LogP contribution >= 0.6 is 0 Å². The van der Waals surface area contributed by atoms with Crippen LogP contribution in [0.4, 0.5) is 10.5 Å². The summed E-state index contributed by atoms with van der Waals surface area (Å²) in [5, 5.41) is 15.4. The Balaban J connectivity index is 2.64. The smallest absolute Gasteiger partial charge is 0.319 e. The highest BCUT2D eigenvalue weighted by molar-refractivity contribution is 5.96. The van der Waals surface area contributed by atoms with E-state index in [1.807, 2.05) is 20.8 Å². The quantitative estimate of drug-likeness (QED) is 0.730. The number of hydrogen-bond acceptors (Lipinski definition) is 3. The molecule has 1 unspecified atom stereocenters. The van der Waals surface area contributed by atoms with Gasteiger partial charge in [0.1, 0.15) is 0 Å². The van der Waals surface area contributed by atoms with Crippen molar-refractivity contribution in [3.8, 4) is 0 Å². The van der Waals surface area contributed by atoms with Gasteiger partial charge < -0.3 is 15.7 Å². The molecule has 0 aliphatic carbocycles. The molecule has 0 aliphatic heterocycles. The maximum Gasteiger partial charge on any atom is 0.319 e. The van der Waals surface area contributed by atoms with E-state index in [0.29, 0.717) is 11.3 Å². The second-order valence-corrected chi connectivity index (χ2v) is 5.91. The average Bonchev–Trinajstić information content (AvgIpc) is 2.36. The van der Waals surface area contributed by atoms with E-state index in [-0.39, 0.29) is 24.3 Å². The summed E-state index contributed by atoms with van der Waals surface area (Å²) in [6, 6.07) is 4.74. The van der Waals surface area contributed by atoms with Crippen molar-refractivity contribution >= 4 is 17.5 Å². The number of carbonyl (C=O) groups excluding carboxylic acids is 2. The number of rotatable bonds is 5. The van der Waals surface area contributed by atoms with E-state index in [1.54, 1.807) is 25.1 Å². The molecule has 0 saturated carbocycles. The zero-order valence-electron chi connectivity index (χ0n) is 13.3. The first-order valence-electron chi connectivity index (χ1n) is 7.02. The number of anilines is 1. The molecule has 1 aromatic carbocycles. The Bertz CT molecular complexity index is 536. The van der Waals surface area contributed by atoms with Crippen LogP contribution in [0.1, 0.15) is 43.6 Å². The Kier molecular flexibility index (Phi) is 5.49. The van der Waals surface area contributed by atoms with E-state index < -0.39 is 5.60 Å². The summed E-state index contributed by atoms with van der Waals surface area (Å²) < 4.78 is 0. The Morgan fingerprint density at radius 3 is 2.43 bits per heavy atom. The molecule has 21 heavy (non-hydrogen) atoms. The van der Waals surface area contributed by atoms with Crippen LogP contribution in [0.25, 0.3) is 0 Å². The highest BCUT2D eigenvalue weighted by Gasteiger charge is 2.25. The van der Waals surface area contributed by atoms with Gasteiger partial charge in [0.15, 0.2) is 5.78 Å². The van der Waals surface area contributed by atoms with Gasteiger partial charge in [-0.05, 0) is 50.5 Å². The van der Waals surface area contributed by atoms with Gasteiger partial charge in [0.25, 0.3) is 0 Å². The Hall–Kier alpha value is -1.88. The van der Waals surface area contributed by atoms with Crippen LogP contribution in [0.3, 0.4) is 0 Å². The third kappa shape index (κ3) is 4.86. The van der Waals surface area contributed by atoms with Crippen LogP contribution in [0, 0.1) is 12.8 Å². The monoisotopic (exact) mass is 292 g/mol. The number of nitrogens with one attached hydrogen (secondary N) is 2. The van der Waals surface area contributed by atoms with Crippen molar-refractivity contribution < 1.29 is 14.7 Å². The van der Waals surface area contributed by atoms with Gasteiger partial charge in [-0.1, -0.05) is 13.8 Å². The number of hydrogen-bond donors (Lipinski definition) is 3. The Morgan fingerprint density at radius 2 is 1.95 bits per heavy atom. The maximum absolute atomic E-state index is 11.8. The van der Waals surface area contributed by atoms with Crippen LogP contribution < -0.4 is 10.6 Å². The van der Waals surface area contributed by atoms with Gasteiger partial charge in [-0.15, -0.1) is 0 Å². The first-order valence-corrected chi connectivity index (χ1v) is 7.02. The number of carbonyl (C=O) groups is 2. The topological polar surface area (TPSA) is 78.4 Å². The van der Waals surface area contributed by atoms with E-state index in [9.17, 15) is 14.7 Å². The highest BCUT2D eigenvalue weighted by atomic mass is 16.3. The Morgan fingerprint density at radius 1 is 1.33 bits per heavy atom. The lowest BCUT2D eigenvalue weighted by molar-refractivity contribution is 0.0170. The molecule has 0 bridgehead atoms. The minimum atomic E-state index is -0.953. The molecule has 0 spiro atoms. The maximum atomic E-state index is 11.8. The number of aryl methyl sites for hydroxylation is 1. The molecular weight excluding hydrogens is 268 g/mol. The van der Waals surface area contributed by atoms with Crippen molar-refractivity contribution in [3.05, 3.63) is 29.3 Å². The molecule has 116 valence electrons. The summed E-state index contributed by atoms with van der Waals surface area (Å²) in [5.41, 5.74) is 1.11. The van der Waals surface area contributed by atoms with Gasteiger partial charge in [0.05, 0.1) is 5.60 Å². The summed E-state index contributed by atoms with van der Waals surface area (Å²) in [4.78, 5) is 23.2. The molecule has 1 aromatic rings. The predicted octanol–water partition coefficient (Wildman–Crippen LogP) is 2.73. The van der Waals surface area contributed by atoms with Crippen LogP contribution in [-0.2, 0) is 0 Å². The molecule has 2 amide bonds. The molecule has 5 nitrogen and oxygen atoms in total. The third-order valence-corrected chi connectivity index (χ3v) is 3.71. The van der Waals surface area contributed by atoms with Crippen molar-refractivity contribution in [2.45, 2.75) is 40.2 Å². The second kappa shape index (κ2) is 6.72. The molecule has 0 heterocycles. The normalized spacial score (nSPS) is 13.7. The summed E-state index contributed by atoms with van der Waals surface area (Å²) in [6.45, 7) is 8.97. The summed E-state index contributed by atoms with van der Waals surface area (Å²) in [6.07, 6.45) is 0. The Labute approximate surface area is 125 Å². The van der Waals surface area contributed by atoms with E-state index in [0.717, 1.165) is 5.56 Å². The number of urea groups is 1. The van der Waals surface area contributed by atoms with Crippen molar-refractivity contribution in [3.63, 3.8) is 0 Å². The van der Waals surface area contributed by atoms with Gasteiger partial charge >= 0.3 is 6.03 Å². The van der Waals surface area contributed by atoms with Gasteiger partial charge in [0.2, 0.25) is 0 Å². The molecule has 0 aliphatic rings. The minimum Gasteiger partial charge on any atom is -0.388 e. The molecule has 0 fully saturated rings. The van der Waals surface area contributed by atoms with Crippen molar-refractivity contribution in [2.75, 3.05) is 11.9 Å². The van der Waals surface area contributed by atoms with Crippen LogP contribution in [0.5, 0.6) is 0 Å². The third-order valence-electron chi connectivity index (χ3n) is 3.71. The lowest BCUT2D eigenvalue weighted by Crippen LogP contribution is -2.45. The standard InChI is InChI=1S/C16H24N2O3/c1-10(2)16(5,21)9-17-15(20)18-13-6-7-14(12(4)19)11(3)8-13/h6-8,10,21H,9H2,1-5H3,(H2,17,18,20). The average molecular weight is 292 g/mol. The minimum absolute atomic E-state index is 0.00326. The van der Waals surface area contributed by atoms with E-state index >= 15 is 0 Å². The van der Waals surface area contributed by atoms with Gasteiger partial charge in [-0.2, -0.15) is 0 Å². The zero-order chi connectivity index (χ0) is 16.2. The lowest BCUT2D eigenvalue weighted by atomic mass is 9.93. The molecule has 3 N–H and O–H groups in total. The number of amides is 2. The van der Waals surface area contributed by atoms with E-state index in [1.165, 1.54) is 6.92 Å². The summed E-state index contributed by atoms with van der Waals surface area (Å²) in [7, 11) is 0. The molecule has 0 radical (unpaired) electrons. The number of aliphatic hydroxyl groups is 1. The fraction of sp³-hybridized carbons (Fsp3) is 0.500. The van der Waals surface area contributed by atoms with E-state index in [2.05, 4.69) is 10.6 Å². The first kappa shape index (κ1) is 17.2. The second-order valence-electron chi connectivity index (χ2n) is 5.91. The van der Waals surface area contributed by atoms with Gasteiger partial charge in [-0.25, -0.2) is 4.79 Å². The summed E-state index contributed by atoms with van der Waals surface area (Å²) in [5.74, 6) is 0.0337. The van der Waals surface area contributed by atoms with Crippen molar-refractivity contribution in [1.29, 1.82) is 0 Å². The largest absolute Gasteiger partial charge is 0.388 e. The highest BCUT2D eigenvalue weighted by Crippen LogP contribution is 2.16. The molecule has 5 heteroatoms. The number of benzene rings is 1. The predicted molar refractivity (Wildman–Crippen MR) is 83.7 cm³/mol. The number of ketones is 1. The van der Waals surface area contributed by atoms with Crippen LogP contribution in [-0.4, -0.2) is 29.1 Å². The molecule has 1 atom stereocenters.